The summed E-state index contributed by atoms with van der Waals surface area (Å²) in [5.41, 5.74) is 6.74. The second-order valence-corrected chi connectivity index (χ2v) is 6.92. The number of nitrogens with one attached hydrogen (secondary N) is 1. The molecule has 1 aromatic carbocycles. The molecule has 0 spiro atoms. The highest BCUT2D eigenvalue weighted by Crippen LogP contribution is 2.25. The van der Waals surface area contributed by atoms with Crippen molar-refractivity contribution >= 4 is 15.7 Å². The largest absolute Gasteiger partial charge is 0.398 e. The zero-order chi connectivity index (χ0) is 14.8. The summed E-state index contributed by atoms with van der Waals surface area (Å²) < 4.78 is 33.0. The zero-order valence-corrected chi connectivity index (χ0v) is 12.7. The van der Waals surface area contributed by atoms with Crippen LogP contribution in [0.1, 0.15) is 25.3 Å². The lowest BCUT2D eigenvalue weighted by molar-refractivity contribution is 0.0884. The number of sulfonamides is 1. The minimum atomic E-state index is -3.57. The first-order valence-corrected chi connectivity index (χ1v) is 8.40. The van der Waals surface area contributed by atoms with Gasteiger partial charge in [0.1, 0.15) is 4.90 Å². The van der Waals surface area contributed by atoms with Gasteiger partial charge in [-0.05, 0) is 31.4 Å². The number of aryl methyl sites for hydroxylation is 1. The Labute approximate surface area is 120 Å². The van der Waals surface area contributed by atoms with Crippen LogP contribution in [0, 0.1) is 12.8 Å². The Morgan fingerprint density at radius 2 is 2.20 bits per heavy atom. The molecule has 6 heteroatoms. The third-order valence-corrected chi connectivity index (χ3v) is 5.44. The molecule has 112 valence electrons. The van der Waals surface area contributed by atoms with Crippen LogP contribution in [0.25, 0.3) is 0 Å². The summed E-state index contributed by atoms with van der Waals surface area (Å²) in [6.45, 7) is 4.90. The smallest absolute Gasteiger partial charge is 0.242 e. The molecule has 1 heterocycles. The molecular formula is C14H22N2O3S. The van der Waals surface area contributed by atoms with E-state index in [0.717, 1.165) is 12.8 Å². The van der Waals surface area contributed by atoms with Crippen LogP contribution in [0.15, 0.2) is 23.1 Å². The van der Waals surface area contributed by atoms with Gasteiger partial charge in [-0.15, -0.1) is 0 Å². The van der Waals surface area contributed by atoms with Crippen molar-refractivity contribution in [3.05, 3.63) is 23.8 Å². The standard InChI is InChI=1S/C14H22N2O3S/c1-3-13-11(7-8-19-13)9-16-20(17,18)14-10(2)5-4-6-12(14)15/h4-6,11,13,16H,3,7-9,15H2,1-2H3. The first-order valence-electron chi connectivity index (χ1n) is 6.92. The highest BCUT2D eigenvalue weighted by atomic mass is 32.2. The number of hydrogen-bond acceptors (Lipinski definition) is 4. The van der Waals surface area contributed by atoms with Gasteiger partial charge >= 0.3 is 0 Å². The van der Waals surface area contributed by atoms with Crippen LogP contribution in [0.2, 0.25) is 0 Å². The van der Waals surface area contributed by atoms with Gasteiger partial charge in [-0.1, -0.05) is 19.1 Å². The number of anilines is 1. The molecule has 0 aliphatic carbocycles. The molecule has 1 aliphatic rings. The Hall–Kier alpha value is -1.11. The highest BCUT2D eigenvalue weighted by molar-refractivity contribution is 7.89. The Morgan fingerprint density at radius 3 is 2.85 bits per heavy atom. The first-order chi connectivity index (χ1) is 9.45. The maximum absolute atomic E-state index is 12.4. The van der Waals surface area contributed by atoms with Gasteiger partial charge in [-0.3, -0.25) is 0 Å². The quantitative estimate of drug-likeness (QED) is 0.810. The van der Waals surface area contributed by atoms with E-state index in [1.807, 2.05) is 0 Å². The maximum Gasteiger partial charge on any atom is 0.242 e. The van der Waals surface area contributed by atoms with Crippen molar-refractivity contribution in [3.63, 3.8) is 0 Å². The number of ether oxygens (including phenoxy) is 1. The molecule has 0 radical (unpaired) electrons. The summed E-state index contributed by atoms with van der Waals surface area (Å²) in [5, 5.41) is 0. The van der Waals surface area contributed by atoms with E-state index in [1.165, 1.54) is 0 Å². The topological polar surface area (TPSA) is 81.4 Å². The minimum absolute atomic E-state index is 0.145. The summed E-state index contributed by atoms with van der Waals surface area (Å²) in [5.74, 6) is 0.236. The SMILES string of the molecule is CCC1OCCC1CNS(=O)(=O)c1c(C)cccc1N. The van der Waals surface area contributed by atoms with Gasteiger partial charge in [0.2, 0.25) is 10.0 Å². The molecule has 20 heavy (non-hydrogen) atoms. The van der Waals surface area contributed by atoms with Crippen molar-refractivity contribution in [1.82, 2.24) is 4.72 Å². The monoisotopic (exact) mass is 298 g/mol. The molecule has 2 unspecified atom stereocenters. The molecule has 0 amide bonds. The van der Waals surface area contributed by atoms with E-state index in [1.54, 1.807) is 25.1 Å². The van der Waals surface area contributed by atoms with Crippen LogP contribution in [0.5, 0.6) is 0 Å². The average Bonchev–Trinajstić information content (AvgIpc) is 2.83. The van der Waals surface area contributed by atoms with Gasteiger partial charge < -0.3 is 10.5 Å². The van der Waals surface area contributed by atoms with Crippen LogP contribution >= 0.6 is 0 Å². The predicted molar refractivity (Wildman–Crippen MR) is 78.9 cm³/mol. The van der Waals surface area contributed by atoms with Crippen LogP contribution in [-0.4, -0.2) is 27.7 Å². The third-order valence-electron chi connectivity index (χ3n) is 3.80. The fourth-order valence-electron chi connectivity index (χ4n) is 2.71. The van der Waals surface area contributed by atoms with Gasteiger partial charge in [-0.2, -0.15) is 0 Å². The van der Waals surface area contributed by atoms with Crippen molar-refractivity contribution in [2.24, 2.45) is 5.92 Å². The van der Waals surface area contributed by atoms with Crippen molar-refractivity contribution in [3.8, 4) is 0 Å². The lowest BCUT2D eigenvalue weighted by atomic mass is 10.0. The molecule has 5 nitrogen and oxygen atoms in total. The number of nitrogens with two attached hydrogens (primary N) is 1. The van der Waals surface area contributed by atoms with Crippen molar-refractivity contribution in [1.29, 1.82) is 0 Å². The van der Waals surface area contributed by atoms with E-state index in [2.05, 4.69) is 11.6 Å². The van der Waals surface area contributed by atoms with Crippen LogP contribution in [0.3, 0.4) is 0 Å². The number of nitrogen functional groups attached to an aromatic ring is 1. The normalized spacial score (nSPS) is 23.1. The molecule has 1 aromatic rings. The van der Waals surface area contributed by atoms with Crippen LogP contribution in [-0.2, 0) is 14.8 Å². The highest BCUT2D eigenvalue weighted by Gasteiger charge is 2.29. The summed E-state index contributed by atoms with van der Waals surface area (Å²) >= 11 is 0. The molecule has 0 bridgehead atoms. The predicted octanol–water partition coefficient (Wildman–Crippen LogP) is 1.67. The van der Waals surface area contributed by atoms with Crippen LogP contribution in [0.4, 0.5) is 5.69 Å². The van der Waals surface area contributed by atoms with Crippen molar-refractivity contribution < 1.29 is 13.2 Å². The number of hydrogen-bond donors (Lipinski definition) is 2. The lowest BCUT2D eigenvalue weighted by Gasteiger charge is -2.18. The number of rotatable bonds is 5. The molecule has 3 N–H and O–H groups in total. The summed E-state index contributed by atoms with van der Waals surface area (Å²) in [6, 6.07) is 5.11. The minimum Gasteiger partial charge on any atom is -0.398 e. The number of benzene rings is 1. The molecule has 0 saturated carbocycles. The van der Waals surface area contributed by atoms with Gasteiger partial charge in [-0.25, -0.2) is 13.1 Å². The van der Waals surface area contributed by atoms with Gasteiger partial charge in [0.15, 0.2) is 0 Å². The van der Waals surface area contributed by atoms with Gasteiger partial charge in [0.05, 0.1) is 11.8 Å². The maximum atomic E-state index is 12.4. The van der Waals surface area contributed by atoms with E-state index in [9.17, 15) is 8.42 Å². The zero-order valence-electron chi connectivity index (χ0n) is 11.9. The van der Waals surface area contributed by atoms with E-state index < -0.39 is 10.0 Å². The summed E-state index contributed by atoms with van der Waals surface area (Å²) in [7, 11) is -3.57. The van der Waals surface area contributed by atoms with E-state index in [0.29, 0.717) is 18.7 Å². The molecule has 1 saturated heterocycles. The van der Waals surface area contributed by atoms with Crippen molar-refractivity contribution in [2.75, 3.05) is 18.9 Å². The Morgan fingerprint density at radius 1 is 1.45 bits per heavy atom. The Balaban J connectivity index is 2.12. The molecule has 1 fully saturated rings. The van der Waals surface area contributed by atoms with Crippen LogP contribution < -0.4 is 10.5 Å². The van der Waals surface area contributed by atoms with Gasteiger partial charge in [0.25, 0.3) is 0 Å². The lowest BCUT2D eigenvalue weighted by Crippen LogP contribution is -2.33. The Bertz CT molecular complexity index is 552. The second kappa shape index (κ2) is 6.11. The molecule has 2 atom stereocenters. The molecule has 0 aromatic heterocycles. The second-order valence-electron chi connectivity index (χ2n) is 5.21. The summed E-state index contributed by atoms with van der Waals surface area (Å²) in [6.07, 6.45) is 1.94. The average molecular weight is 298 g/mol. The third kappa shape index (κ3) is 3.13. The fourth-order valence-corrected chi connectivity index (χ4v) is 4.16. The van der Waals surface area contributed by atoms with E-state index in [-0.39, 0.29) is 22.6 Å². The van der Waals surface area contributed by atoms with Gasteiger partial charge in [0, 0.05) is 19.1 Å². The molecular weight excluding hydrogens is 276 g/mol. The molecule has 1 aliphatic heterocycles. The molecule has 2 rings (SSSR count). The summed E-state index contributed by atoms with van der Waals surface area (Å²) in [4.78, 5) is 0.187. The fraction of sp³-hybridized carbons (Fsp3) is 0.571. The Kier molecular flexibility index (Phi) is 4.67. The van der Waals surface area contributed by atoms with Crippen molar-refractivity contribution in [2.45, 2.75) is 37.7 Å². The van der Waals surface area contributed by atoms with E-state index in [4.69, 9.17) is 10.5 Å². The first kappa shape index (κ1) is 15.3. The van der Waals surface area contributed by atoms with E-state index >= 15 is 0 Å².